The Bertz CT molecular complexity index is 391. The van der Waals surface area contributed by atoms with Crippen LogP contribution in [0.3, 0.4) is 0 Å². The Balaban J connectivity index is 2.14. The van der Waals surface area contributed by atoms with Crippen molar-refractivity contribution < 1.29 is 14.6 Å². The summed E-state index contributed by atoms with van der Waals surface area (Å²) in [7, 11) is 1.78. The summed E-state index contributed by atoms with van der Waals surface area (Å²) in [5, 5.41) is 9.29. The third kappa shape index (κ3) is 1.85. The number of hydrogen-bond donors (Lipinski definition) is 1. The maximum atomic E-state index is 10.7. The highest BCUT2D eigenvalue weighted by molar-refractivity contribution is 6.29. The lowest BCUT2D eigenvalue weighted by Gasteiger charge is -2.10. The maximum absolute atomic E-state index is 10.7. The largest absolute Gasteiger partial charge is 0.479 e. The van der Waals surface area contributed by atoms with E-state index in [0.717, 1.165) is 0 Å². The van der Waals surface area contributed by atoms with Crippen molar-refractivity contribution in [2.45, 2.75) is 25.0 Å². The Morgan fingerprint density at radius 3 is 2.93 bits per heavy atom. The monoisotopic (exact) mass is 230 g/mol. The molecular weight excluding hydrogens is 220 g/mol. The molecule has 15 heavy (non-hydrogen) atoms. The van der Waals surface area contributed by atoms with E-state index in [-0.39, 0.29) is 6.10 Å². The highest BCUT2D eigenvalue weighted by Crippen LogP contribution is 2.32. The molecule has 0 aromatic carbocycles. The number of aromatic nitrogens is 2. The summed E-state index contributed by atoms with van der Waals surface area (Å²) < 4.78 is 7.07. The van der Waals surface area contributed by atoms with Gasteiger partial charge >= 0.3 is 5.97 Å². The van der Waals surface area contributed by atoms with Crippen molar-refractivity contribution in [2.24, 2.45) is 7.05 Å². The standard InChI is InChI=1S/C9H11ClN2O3/c1-12-7(10)4-11-8(12)5-2-3-6(15-5)9(13)14/h4-6H,2-3H2,1H3,(H,13,14). The highest BCUT2D eigenvalue weighted by atomic mass is 35.5. The first-order chi connectivity index (χ1) is 7.09. The first kappa shape index (κ1) is 10.4. The van der Waals surface area contributed by atoms with E-state index in [1.165, 1.54) is 6.20 Å². The average molecular weight is 231 g/mol. The molecule has 0 bridgehead atoms. The molecule has 5 nitrogen and oxygen atoms in total. The Labute approximate surface area is 91.6 Å². The first-order valence-corrected chi connectivity index (χ1v) is 5.02. The summed E-state index contributed by atoms with van der Waals surface area (Å²) in [6, 6.07) is 0. The number of nitrogens with zero attached hydrogens (tertiary/aromatic N) is 2. The van der Waals surface area contributed by atoms with Gasteiger partial charge in [-0.15, -0.1) is 0 Å². The fourth-order valence-corrected chi connectivity index (χ4v) is 1.85. The van der Waals surface area contributed by atoms with Gasteiger partial charge in [0.05, 0.1) is 6.20 Å². The summed E-state index contributed by atoms with van der Waals surface area (Å²) in [5.74, 6) is -0.235. The molecule has 1 aliphatic heterocycles. The van der Waals surface area contributed by atoms with Crippen LogP contribution in [0.4, 0.5) is 0 Å². The van der Waals surface area contributed by atoms with Crippen molar-refractivity contribution in [1.29, 1.82) is 0 Å². The molecule has 0 saturated carbocycles. The summed E-state index contributed by atoms with van der Waals surface area (Å²) in [4.78, 5) is 14.8. The van der Waals surface area contributed by atoms with E-state index in [1.54, 1.807) is 11.6 Å². The molecule has 1 aromatic rings. The molecule has 6 heteroatoms. The van der Waals surface area contributed by atoms with Crippen LogP contribution in [0.5, 0.6) is 0 Å². The van der Waals surface area contributed by atoms with Gasteiger partial charge in [-0.25, -0.2) is 9.78 Å². The van der Waals surface area contributed by atoms with Crippen LogP contribution in [0.25, 0.3) is 0 Å². The molecule has 82 valence electrons. The molecule has 2 unspecified atom stereocenters. The van der Waals surface area contributed by atoms with Crippen LogP contribution in [0.1, 0.15) is 24.8 Å². The van der Waals surface area contributed by atoms with Crippen LogP contribution in [0, 0.1) is 0 Å². The molecule has 1 aliphatic rings. The summed E-state index contributed by atoms with van der Waals surface area (Å²) >= 11 is 5.84. The van der Waals surface area contributed by atoms with E-state index in [0.29, 0.717) is 23.8 Å². The fraction of sp³-hybridized carbons (Fsp3) is 0.556. The quantitative estimate of drug-likeness (QED) is 0.834. The topological polar surface area (TPSA) is 64.4 Å². The average Bonchev–Trinajstić information content (AvgIpc) is 2.76. The molecule has 2 heterocycles. The molecule has 1 aromatic heterocycles. The molecule has 2 rings (SSSR count). The second-order valence-electron chi connectivity index (χ2n) is 3.53. The molecule has 1 saturated heterocycles. The van der Waals surface area contributed by atoms with E-state index < -0.39 is 12.1 Å². The van der Waals surface area contributed by atoms with Crippen LogP contribution < -0.4 is 0 Å². The number of carbonyl (C=O) groups is 1. The van der Waals surface area contributed by atoms with Crippen molar-refractivity contribution in [3.8, 4) is 0 Å². The lowest BCUT2D eigenvalue weighted by atomic mass is 10.2. The van der Waals surface area contributed by atoms with Crippen molar-refractivity contribution >= 4 is 17.6 Å². The van der Waals surface area contributed by atoms with E-state index in [1.807, 2.05) is 0 Å². The van der Waals surface area contributed by atoms with Gasteiger partial charge in [-0.2, -0.15) is 0 Å². The molecule has 1 fully saturated rings. The van der Waals surface area contributed by atoms with Crippen molar-refractivity contribution in [3.05, 3.63) is 17.2 Å². The summed E-state index contributed by atoms with van der Waals surface area (Å²) in [6.07, 6.45) is 1.74. The van der Waals surface area contributed by atoms with Crippen LogP contribution in [-0.2, 0) is 16.6 Å². The lowest BCUT2D eigenvalue weighted by molar-refractivity contribution is -0.149. The zero-order valence-electron chi connectivity index (χ0n) is 8.18. The smallest absolute Gasteiger partial charge is 0.332 e. The fourth-order valence-electron chi connectivity index (χ4n) is 1.71. The number of hydrogen-bond acceptors (Lipinski definition) is 3. The van der Waals surface area contributed by atoms with Crippen LogP contribution in [0.15, 0.2) is 6.20 Å². The molecule has 0 amide bonds. The number of rotatable bonds is 2. The second-order valence-corrected chi connectivity index (χ2v) is 3.91. The zero-order chi connectivity index (χ0) is 11.0. The number of carboxylic acid groups (broad SMARTS) is 1. The van der Waals surface area contributed by atoms with Gasteiger partial charge < -0.3 is 14.4 Å². The SMILES string of the molecule is Cn1c(Cl)cnc1C1CCC(C(=O)O)O1. The van der Waals surface area contributed by atoms with Gasteiger partial charge in [-0.05, 0) is 12.8 Å². The van der Waals surface area contributed by atoms with Crippen molar-refractivity contribution in [2.75, 3.05) is 0 Å². The van der Waals surface area contributed by atoms with E-state index in [4.69, 9.17) is 21.4 Å². The van der Waals surface area contributed by atoms with Gasteiger partial charge in [0.2, 0.25) is 0 Å². The normalized spacial score (nSPS) is 25.7. The number of imidazole rings is 1. The van der Waals surface area contributed by atoms with Crippen molar-refractivity contribution in [1.82, 2.24) is 9.55 Å². The van der Waals surface area contributed by atoms with E-state index in [2.05, 4.69) is 4.98 Å². The van der Waals surface area contributed by atoms with Crippen LogP contribution >= 0.6 is 11.6 Å². The van der Waals surface area contributed by atoms with Gasteiger partial charge in [0, 0.05) is 7.05 Å². The predicted octanol–water partition coefficient (Wildman–Crippen LogP) is 1.38. The van der Waals surface area contributed by atoms with Crippen LogP contribution in [-0.4, -0.2) is 26.7 Å². The van der Waals surface area contributed by atoms with Gasteiger partial charge in [0.1, 0.15) is 17.1 Å². The minimum absolute atomic E-state index is 0.261. The minimum Gasteiger partial charge on any atom is -0.479 e. The molecular formula is C9H11ClN2O3. The van der Waals surface area contributed by atoms with Crippen LogP contribution in [0.2, 0.25) is 5.15 Å². The van der Waals surface area contributed by atoms with Gasteiger partial charge in [-0.1, -0.05) is 11.6 Å². The third-order valence-corrected chi connectivity index (χ3v) is 2.90. The molecule has 2 atom stereocenters. The third-order valence-electron chi connectivity index (χ3n) is 2.55. The van der Waals surface area contributed by atoms with E-state index >= 15 is 0 Å². The Morgan fingerprint density at radius 2 is 2.47 bits per heavy atom. The number of carboxylic acids is 1. The second kappa shape index (κ2) is 3.83. The first-order valence-electron chi connectivity index (χ1n) is 4.65. The van der Waals surface area contributed by atoms with E-state index in [9.17, 15) is 4.79 Å². The predicted molar refractivity (Wildman–Crippen MR) is 52.7 cm³/mol. The zero-order valence-corrected chi connectivity index (χ0v) is 8.94. The highest BCUT2D eigenvalue weighted by Gasteiger charge is 2.33. The number of ether oxygens (including phenoxy) is 1. The Hall–Kier alpha value is -1.07. The minimum atomic E-state index is -0.919. The van der Waals surface area contributed by atoms with Gasteiger partial charge in [0.25, 0.3) is 0 Å². The summed E-state index contributed by atoms with van der Waals surface area (Å²) in [5.41, 5.74) is 0. The molecule has 0 aliphatic carbocycles. The number of aliphatic carboxylic acids is 1. The van der Waals surface area contributed by atoms with Crippen molar-refractivity contribution in [3.63, 3.8) is 0 Å². The molecule has 1 N–H and O–H groups in total. The summed E-state index contributed by atoms with van der Waals surface area (Å²) in [6.45, 7) is 0. The lowest BCUT2D eigenvalue weighted by Crippen LogP contribution is -2.19. The molecule has 0 radical (unpaired) electrons. The van der Waals surface area contributed by atoms with Gasteiger partial charge in [0.15, 0.2) is 6.10 Å². The molecule has 0 spiro atoms. The number of halogens is 1. The Kier molecular flexibility index (Phi) is 2.67. The van der Waals surface area contributed by atoms with Gasteiger partial charge in [-0.3, -0.25) is 0 Å². The Morgan fingerprint density at radius 1 is 1.73 bits per heavy atom. The maximum Gasteiger partial charge on any atom is 0.332 e.